The molecule has 1 aliphatic heterocycles. The van der Waals surface area contributed by atoms with Crippen molar-refractivity contribution in [2.75, 3.05) is 13.2 Å². The molecule has 32 heavy (non-hydrogen) atoms. The van der Waals surface area contributed by atoms with E-state index in [4.69, 9.17) is 13.9 Å². The number of halogens is 1. The van der Waals surface area contributed by atoms with Crippen molar-refractivity contribution in [3.63, 3.8) is 0 Å². The number of esters is 2. The van der Waals surface area contributed by atoms with E-state index in [9.17, 15) is 23.6 Å². The Kier molecular flexibility index (Phi) is 7.37. The number of benzene rings is 1. The SMILES string of the molecule is CCOC(=O)C1=C(COC(=O)CCC(=O)c2ccc(F)cc2)NC(=O)NC1c1ccco1. The van der Waals surface area contributed by atoms with Crippen molar-refractivity contribution in [1.82, 2.24) is 10.6 Å². The highest BCUT2D eigenvalue weighted by Gasteiger charge is 2.35. The van der Waals surface area contributed by atoms with Crippen LogP contribution in [-0.4, -0.2) is 37.0 Å². The highest BCUT2D eigenvalue weighted by atomic mass is 19.1. The normalized spacial score (nSPS) is 15.6. The minimum absolute atomic E-state index is 0.0385. The van der Waals surface area contributed by atoms with E-state index in [-0.39, 0.29) is 42.1 Å². The molecule has 0 saturated carbocycles. The largest absolute Gasteiger partial charge is 0.467 e. The van der Waals surface area contributed by atoms with E-state index in [1.54, 1.807) is 19.1 Å². The molecule has 168 valence electrons. The summed E-state index contributed by atoms with van der Waals surface area (Å²) >= 11 is 0. The minimum Gasteiger partial charge on any atom is -0.467 e. The minimum atomic E-state index is -0.924. The first-order chi connectivity index (χ1) is 15.4. The number of amides is 2. The second kappa shape index (κ2) is 10.4. The van der Waals surface area contributed by atoms with Crippen molar-refractivity contribution in [1.29, 1.82) is 0 Å². The predicted molar refractivity (Wildman–Crippen MR) is 108 cm³/mol. The van der Waals surface area contributed by atoms with Crippen LogP contribution in [0.1, 0.15) is 41.9 Å². The average Bonchev–Trinajstić information content (AvgIpc) is 3.31. The lowest BCUT2D eigenvalue weighted by molar-refractivity contribution is -0.143. The molecule has 2 N–H and O–H groups in total. The molecule has 0 fully saturated rings. The molecule has 2 heterocycles. The standard InChI is InChI=1S/C22H21FN2O7/c1-2-30-21(28)19-15(24-22(29)25-20(19)17-4-3-11-31-17)12-32-18(27)10-9-16(26)13-5-7-14(23)8-6-13/h3-8,11,20H,2,9-10,12H2,1H3,(H2,24,25,29). The molecular formula is C22H21FN2O7. The Morgan fingerprint density at radius 1 is 1.09 bits per heavy atom. The van der Waals surface area contributed by atoms with E-state index in [1.165, 1.54) is 18.4 Å². The Labute approximate surface area is 182 Å². The molecule has 0 saturated heterocycles. The summed E-state index contributed by atoms with van der Waals surface area (Å²) in [6.45, 7) is 1.31. The van der Waals surface area contributed by atoms with Gasteiger partial charge in [-0.1, -0.05) is 0 Å². The maximum Gasteiger partial charge on any atom is 0.338 e. The molecule has 0 radical (unpaired) electrons. The Morgan fingerprint density at radius 3 is 2.50 bits per heavy atom. The van der Waals surface area contributed by atoms with Gasteiger partial charge in [-0.3, -0.25) is 9.59 Å². The first kappa shape index (κ1) is 22.7. The molecule has 1 aliphatic rings. The highest BCUT2D eigenvalue weighted by Crippen LogP contribution is 2.28. The molecule has 0 spiro atoms. The van der Waals surface area contributed by atoms with E-state index >= 15 is 0 Å². The molecule has 0 bridgehead atoms. The van der Waals surface area contributed by atoms with Gasteiger partial charge in [0.2, 0.25) is 0 Å². The van der Waals surface area contributed by atoms with Gasteiger partial charge in [0.05, 0.1) is 30.6 Å². The lowest BCUT2D eigenvalue weighted by Crippen LogP contribution is -2.47. The second-order valence-corrected chi connectivity index (χ2v) is 6.75. The van der Waals surface area contributed by atoms with Crippen LogP contribution in [0.3, 0.4) is 0 Å². The third kappa shape index (κ3) is 5.60. The molecule has 9 nitrogen and oxygen atoms in total. The summed E-state index contributed by atoms with van der Waals surface area (Å²) in [7, 11) is 0. The number of nitrogens with one attached hydrogen (secondary N) is 2. The van der Waals surface area contributed by atoms with Gasteiger partial charge in [0.1, 0.15) is 24.2 Å². The molecule has 0 aliphatic carbocycles. The van der Waals surface area contributed by atoms with Crippen LogP contribution < -0.4 is 10.6 Å². The van der Waals surface area contributed by atoms with Crippen LogP contribution in [0.15, 0.2) is 58.3 Å². The average molecular weight is 444 g/mol. The van der Waals surface area contributed by atoms with Crippen LogP contribution in [-0.2, 0) is 19.1 Å². The number of hydrogen-bond acceptors (Lipinski definition) is 7. The van der Waals surface area contributed by atoms with Gasteiger partial charge < -0.3 is 24.5 Å². The maximum atomic E-state index is 13.0. The number of hydrogen-bond donors (Lipinski definition) is 2. The lowest BCUT2D eigenvalue weighted by Gasteiger charge is -2.27. The third-order valence-corrected chi connectivity index (χ3v) is 4.58. The molecule has 1 aromatic carbocycles. The molecule has 1 aromatic heterocycles. The maximum absolute atomic E-state index is 13.0. The first-order valence-corrected chi connectivity index (χ1v) is 9.84. The molecule has 1 unspecified atom stereocenters. The zero-order valence-electron chi connectivity index (χ0n) is 17.2. The summed E-state index contributed by atoms with van der Waals surface area (Å²) in [6.07, 6.45) is 1.02. The van der Waals surface area contributed by atoms with Gasteiger partial charge >= 0.3 is 18.0 Å². The van der Waals surface area contributed by atoms with Gasteiger partial charge in [-0.2, -0.15) is 0 Å². The number of Topliss-reactive ketones (excluding diaryl/α,β-unsaturated/α-hetero) is 1. The van der Waals surface area contributed by atoms with Gasteiger partial charge in [-0.25, -0.2) is 14.0 Å². The fraction of sp³-hybridized carbons (Fsp3) is 0.273. The van der Waals surface area contributed by atoms with Crippen molar-refractivity contribution in [2.45, 2.75) is 25.8 Å². The zero-order chi connectivity index (χ0) is 23.1. The van der Waals surface area contributed by atoms with Gasteiger partial charge in [-0.05, 0) is 43.3 Å². The Morgan fingerprint density at radius 2 is 1.84 bits per heavy atom. The van der Waals surface area contributed by atoms with E-state index < -0.39 is 36.4 Å². The number of carbonyl (C=O) groups is 4. The van der Waals surface area contributed by atoms with Crippen molar-refractivity contribution < 1.29 is 37.5 Å². The van der Waals surface area contributed by atoms with Gasteiger partial charge in [0, 0.05) is 12.0 Å². The van der Waals surface area contributed by atoms with Crippen LogP contribution in [0.5, 0.6) is 0 Å². The number of carbonyl (C=O) groups excluding carboxylic acids is 4. The van der Waals surface area contributed by atoms with E-state index in [0.717, 1.165) is 12.1 Å². The monoisotopic (exact) mass is 444 g/mol. The first-order valence-electron chi connectivity index (χ1n) is 9.84. The zero-order valence-corrected chi connectivity index (χ0v) is 17.2. The summed E-state index contributed by atoms with van der Waals surface area (Å²) in [5, 5.41) is 5.03. The van der Waals surface area contributed by atoms with Crippen molar-refractivity contribution >= 4 is 23.8 Å². The third-order valence-electron chi connectivity index (χ3n) is 4.58. The van der Waals surface area contributed by atoms with Gasteiger partial charge in [-0.15, -0.1) is 0 Å². The van der Waals surface area contributed by atoms with Gasteiger partial charge in [0.15, 0.2) is 5.78 Å². The van der Waals surface area contributed by atoms with Crippen LogP contribution >= 0.6 is 0 Å². The summed E-state index contributed by atoms with van der Waals surface area (Å²) in [5.74, 6) is -1.93. The van der Waals surface area contributed by atoms with E-state index in [0.29, 0.717) is 5.76 Å². The smallest absolute Gasteiger partial charge is 0.338 e. The molecule has 10 heteroatoms. The summed E-state index contributed by atoms with van der Waals surface area (Å²) in [4.78, 5) is 48.9. The van der Waals surface area contributed by atoms with E-state index in [2.05, 4.69) is 10.6 Å². The second-order valence-electron chi connectivity index (χ2n) is 6.75. The van der Waals surface area contributed by atoms with Crippen molar-refractivity contribution in [3.8, 4) is 0 Å². The van der Waals surface area contributed by atoms with Gasteiger partial charge in [0.25, 0.3) is 0 Å². The number of ether oxygens (including phenoxy) is 2. The topological polar surface area (TPSA) is 124 Å². The number of urea groups is 1. The number of ketones is 1. The summed E-state index contributed by atoms with van der Waals surface area (Å²) < 4.78 is 28.5. The Balaban J connectivity index is 1.68. The molecule has 2 amide bonds. The molecule has 1 atom stereocenters. The van der Waals surface area contributed by atoms with E-state index in [1.807, 2.05) is 0 Å². The predicted octanol–water partition coefficient (Wildman–Crippen LogP) is 2.80. The fourth-order valence-corrected chi connectivity index (χ4v) is 3.07. The van der Waals surface area contributed by atoms with Crippen LogP contribution in [0.25, 0.3) is 0 Å². The fourth-order valence-electron chi connectivity index (χ4n) is 3.07. The van der Waals surface area contributed by atoms with Crippen molar-refractivity contribution in [2.24, 2.45) is 0 Å². The summed E-state index contributed by atoms with van der Waals surface area (Å²) in [5.41, 5.74) is 0.363. The van der Waals surface area contributed by atoms with Crippen LogP contribution in [0.2, 0.25) is 0 Å². The number of furan rings is 1. The van der Waals surface area contributed by atoms with Crippen molar-refractivity contribution in [3.05, 3.63) is 71.1 Å². The molecule has 3 rings (SSSR count). The Hall–Kier alpha value is -3.95. The highest BCUT2D eigenvalue weighted by molar-refractivity contribution is 5.97. The number of rotatable bonds is 9. The Bertz CT molecular complexity index is 1030. The molecule has 2 aromatic rings. The quantitative estimate of drug-likeness (QED) is 0.450. The summed E-state index contributed by atoms with van der Waals surface area (Å²) in [6, 6.07) is 6.62. The van der Waals surface area contributed by atoms with Crippen LogP contribution in [0.4, 0.5) is 9.18 Å². The van der Waals surface area contributed by atoms with Crippen LogP contribution in [0, 0.1) is 5.82 Å². The lowest BCUT2D eigenvalue weighted by atomic mass is 10.0. The molecular weight excluding hydrogens is 423 g/mol.